The predicted molar refractivity (Wildman–Crippen MR) is 97.5 cm³/mol. The minimum absolute atomic E-state index is 0.618. The average Bonchev–Trinajstić information content (AvgIpc) is 2.56. The zero-order valence-corrected chi connectivity index (χ0v) is 13.6. The molecule has 0 saturated heterocycles. The van der Waals surface area contributed by atoms with Crippen LogP contribution in [0.4, 0.5) is 0 Å². The van der Waals surface area contributed by atoms with Gasteiger partial charge in [-0.15, -0.1) is 0 Å². The number of nitrogens with one attached hydrogen (secondary N) is 1. The van der Waals surface area contributed by atoms with E-state index in [1.807, 2.05) is 12.1 Å². The first-order valence-corrected chi connectivity index (χ1v) is 7.94. The van der Waals surface area contributed by atoms with Gasteiger partial charge in [-0.05, 0) is 42.5 Å². The lowest BCUT2D eigenvalue weighted by Gasteiger charge is -2.15. The highest BCUT2D eigenvalue weighted by atomic mass is 14.4. The monoisotopic (exact) mass is 299 g/mol. The zero-order valence-electron chi connectivity index (χ0n) is 13.6. The Hall–Kier alpha value is -2.67. The molecule has 1 nitrogen and oxygen atoms in total. The van der Waals surface area contributed by atoms with Crippen LogP contribution in [0.5, 0.6) is 0 Å². The molecule has 23 heavy (non-hydrogen) atoms. The van der Waals surface area contributed by atoms with Crippen LogP contribution < -0.4 is 0 Å². The van der Waals surface area contributed by atoms with E-state index in [-0.39, 0.29) is 0 Å². The van der Waals surface area contributed by atoms with Crippen LogP contribution in [0.1, 0.15) is 33.4 Å². The van der Waals surface area contributed by atoms with Crippen molar-refractivity contribution in [2.45, 2.75) is 20.3 Å². The van der Waals surface area contributed by atoms with E-state index in [4.69, 9.17) is 5.41 Å². The number of benzene rings is 3. The largest absolute Gasteiger partial charge is 0.300 e. The van der Waals surface area contributed by atoms with E-state index in [0.29, 0.717) is 5.71 Å². The van der Waals surface area contributed by atoms with Gasteiger partial charge >= 0.3 is 0 Å². The number of aryl methyl sites for hydroxylation is 2. The van der Waals surface area contributed by atoms with Crippen molar-refractivity contribution in [2.24, 2.45) is 0 Å². The molecule has 1 N–H and O–H groups in total. The Morgan fingerprint density at radius 3 is 2.04 bits per heavy atom. The molecule has 0 aliphatic carbocycles. The maximum Gasteiger partial charge on any atom is 0.0692 e. The number of hydrogen-bond acceptors (Lipinski definition) is 1. The molecule has 0 spiro atoms. The van der Waals surface area contributed by atoms with Crippen LogP contribution >= 0.6 is 0 Å². The zero-order chi connectivity index (χ0) is 16.2. The van der Waals surface area contributed by atoms with Gasteiger partial charge in [-0.3, -0.25) is 5.41 Å². The second kappa shape index (κ2) is 6.62. The minimum Gasteiger partial charge on any atom is -0.300 e. The lowest BCUT2D eigenvalue weighted by molar-refractivity contribution is 1.18. The van der Waals surface area contributed by atoms with Crippen LogP contribution in [-0.2, 0) is 6.42 Å². The molecule has 0 saturated carbocycles. The van der Waals surface area contributed by atoms with Gasteiger partial charge in [0.15, 0.2) is 0 Å². The Labute approximate surface area is 138 Å². The van der Waals surface area contributed by atoms with Gasteiger partial charge in [-0.1, -0.05) is 72.8 Å². The maximum atomic E-state index is 8.76. The molecule has 0 unspecified atom stereocenters. The van der Waals surface area contributed by atoms with Crippen LogP contribution in [0.25, 0.3) is 0 Å². The highest BCUT2D eigenvalue weighted by Crippen LogP contribution is 2.22. The fourth-order valence-electron chi connectivity index (χ4n) is 3.08. The Kier molecular flexibility index (Phi) is 4.38. The second-order valence-electron chi connectivity index (χ2n) is 5.96. The smallest absolute Gasteiger partial charge is 0.0692 e. The summed E-state index contributed by atoms with van der Waals surface area (Å²) in [7, 11) is 0. The summed E-state index contributed by atoms with van der Waals surface area (Å²) in [6, 6.07) is 24.9. The van der Waals surface area contributed by atoms with E-state index < -0.39 is 0 Å². The van der Waals surface area contributed by atoms with E-state index in [2.05, 4.69) is 74.5 Å². The standard InChI is InChI=1S/C22H21N/c1-16-9-8-10-17(2)21(16)22(23)20-14-7-6-13-19(20)15-18-11-4-3-5-12-18/h3-14,23H,15H2,1-2H3. The summed E-state index contributed by atoms with van der Waals surface area (Å²) in [6.45, 7) is 4.16. The summed E-state index contributed by atoms with van der Waals surface area (Å²) in [5, 5.41) is 8.76. The topological polar surface area (TPSA) is 23.9 Å². The molecule has 0 radical (unpaired) electrons. The normalized spacial score (nSPS) is 10.5. The van der Waals surface area contributed by atoms with Crippen molar-refractivity contribution in [1.29, 1.82) is 5.41 Å². The lowest BCUT2D eigenvalue weighted by Crippen LogP contribution is -2.09. The molecule has 0 fully saturated rings. The molecule has 1 heteroatoms. The van der Waals surface area contributed by atoms with Crippen LogP contribution in [-0.4, -0.2) is 5.71 Å². The molecule has 0 heterocycles. The number of hydrogen-bond donors (Lipinski definition) is 1. The third-order valence-electron chi connectivity index (χ3n) is 4.26. The van der Waals surface area contributed by atoms with Crippen molar-refractivity contribution in [1.82, 2.24) is 0 Å². The summed E-state index contributed by atoms with van der Waals surface area (Å²) in [5.74, 6) is 0. The Balaban J connectivity index is 2.02. The van der Waals surface area contributed by atoms with Crippen LogP contribution in [0.15, 0.2) is 72.8 Å². The molecule has 0 aliphatic rings. The van der Waals surface area contributed by atoms with Crippen molar-refractivity contribution in [2.75, 3.05) is 0 Å². The molecule has 0 amide bonds. The SMILES string of the molecule is Cc1cccc(C)c1C(=N)c1ccccc1Cc1ccccc1. The fraction of sp³-hybridized carbons (Fsp3) is 0.136. The third-order valence-corrected chi connectivity index (χ3v) is 4.26. The predicted octanol–water partition coefficient (Wildman–Crippen LogP) is 5.31. The molecule has 0 atom stereocenters. The minimum atomic E-state index is 0.618. The van der Waals surface area contributed by atoms with Crippen molar-refractivity contribution in [3.63, 3.8) is 0 Å². The van der Waals surface area contributed by atoms with E-state index in [1.165, 1.54) is 11.1 Å². The average molecular weight is 299 g/mol. The molecule has 3 aromatic carbocycles. The van der Waals surface area contributed by atoms with Gasteiger partial charge in [0.25, 0.3) is 0 Å². The van der Waals surface area contributed by atoms with Crippen molar-refractivity contribution >= 4 is 5.71 Å². The molecule has 3 aromatic rings. The molecule has 0 aromatic heterocycles. The molecule has 0 aliphatic heterocycles. The lowest BCUT2D eigenvalue weighted by atomic mass is 9.90. The van der Waals surface area contributed by atoms with Gasteiger partial charge in [0.2, 0.25) is 0 Å². The summed E-state index contributed by atoms with van der Waals surface area (Å²) in [5.41, 5.74) is 7.48. The van der Waals surface area contributed by atoms with Crippen LogP contribution in [0.3, 0.4) is 0 Å². The molecule has 0 bridgehead atoms. The first-order valence-electron chi connectivity index (χ1n) is 7.94. The van der Waals surface area contributed by atoms with Gasteiger partial charge in [-0.2, -0.15) is 0 Å². The van der Waals surface area contributed by atoms with E-state index >= 15 is 0 Å². The van der Waals surface area contributed by atoms with E-state index in [0.717, 1.165) is 28.7 Å². The Bertz CT molecular complexity index is 811. The van der Waals surface area contributed by atoms with Gasteiger partial charge < -0.3 is 0 Å². The third kappa shape index (κ3) is 3.24. The van der Waals surface area contributed by atoms with Gasteiger partial charge in [0, 0.05) is 11.1 Å². The molecule has 3 rings (SSSR count). The first kappa shape index (κ1) is 15.2. The molecule has 114 valence electrons. The Morgan fingerprint density at radius 2 is 1.35 bits per heavy atom. The molecular formula is C22H21N. The number of rotatable bonds is 4. The van der Waals surface area contributed by atoms with E-state index in [9.17, 15) is 0 Å². The fourth-order valence-corrected chi connectivity index (χ4v) is 3.08. The van der Waals surface area contributed by atoms with Gasteiger partial charge in [-0.25, -0.2) is 0 Å². The van der Waals surface area contributed by atoms with Gasteiger partial charge in [0.1, 0.15) is 0 Å². The highest BCUT2D eigenvalue weighted by Gasteiger charge is 2.14. The second-order valence-corrected chi connectivity index (χ2v) is 5.96. The van der Waals surface area contributed by atoms with E-state index in [1.54, 1.807) is 0 Å². The summed E-state index contributed by atoms with van der Waals surface area (Å²) in [4.78, 5) is 0. The van der Waals surface area contributed by atoms with Crippen LogP contribution in [0.2, 0.25) is 0 Å². The first-order chi connectivity index (χ1) is 11.2. The molecular weight excluding hydrogens is 278 g/mol. The van der Waals surface area contributed by atoms with Crippen molar-refractivity contribution < 1.29 is 0 Å². The van der Waals surface area contributed by atoms with Gasteiger partial charge in [0.05, 0.1) is 5.71 Å². The summed E-state index contributed by atoms with van der Waals surface area (Å²) in [6.07, 6.45) is 0.852. The maximum absolute atomic E-state index is 8.76. The van der Waals surface area contributed by atoms with Crippen molar-refractivity contribution in [3.05, 3.63) is 106 Å². The quantitative estimate of drug-likeness (QED) is 0.631. The summed E-state index contributed by atoms with van der Waals surface area (Å²) >= 11 is 0. The highest BCUT2D eigenvalue weighted by molar-refractivity contribution is 6.13. The summed E-state index contributed by atoms with van der Waals surface area (Å²) < 4.78 is 0. The Morgan fingerprint density at radius 1 is 0.739 bits per heavy atom. The van der Waals surface area contributed by atoms with Crippen molar-refractivity contribution in [3.8, 4) is 0 Å². The van der Waals surface area contributed by atoms with Crippen LogP contribution in [0, 0.1) is 19.3 Å².